The number of fused-ring (bicyclic) bond motifs is 8. The third-order valence-electron chi connectivity index (χ3n) is 14.2. The van der Waals surface area contributed by atoms with E-state index in [2.05, 4.69) is 21.2 Å². The lowest BCUT2D eigenvalue weighted by Crippen LogP contribution is -2.37. The summed E-state index contributed by atoms with van der Waals surface area (Å²) in [7, 11) is 4.71. The number of carbonyl (C=O) groups is 4. The number of aliphatic hydroxyl groups excluding tert-OH is 1. The predicted molar refractivity (Wildman–Crippen MR) is 282 cm³/mol. The van der Waals surface area contributed by atoms with Gasteiger partial charge in [-0.15, -0.1) is 5.06 Å². The van der Waals surface area contributed by atoms with Gasteiger partial charge in [0, 0.05) is 99.1 Å². The highest BCUT2D eigenvalue weighted by molar-refractivity contribution is 6.14. The minimum Gasteiger partial charge on any atom is -0.493 e. The quantitative estimate of drug-likeness (QED) is 0.0507. The van der Waals surface area contributed by atoms with E-state index < -0.39 is 24.0 Å². The molecule has 3 amide bonds. The average molecular weight is 1040 g/mol. The second-order valence-electron chi connectivity index (χ2n) is 19.1. The minimum absolute atomic E-state index is 0.00122. The first-order valence-electron chi connectivity index (χ1n) is 25.6. The highest BCUT2D eigenvalue weighted by atomic mass is 16.7. The van der Waals surface area contributed by atoms with Gasteiger partial charge in [-0.3, -0.25) is 24.3 Å². The maximum Gasteiger partial charge on any atom is 0.333 e. The Labute approximate surface area is 440 Å². The molecule has 19 heteroatoms. The van der Waals surface area contributed by atoms with Crippen LogP contribution in [0.5, 0.6) is 23.0 Å². The zero-order valence-corrected chi connectivity index (χ0v) is 42.9. The molecule has 3 unspecified atom stereocenters. The van der Waals surface area contributed by atoms with Gasteiger partial charge in [-0.25, -0.2) is 4.79 Å². The normalized spacial score (nSPS) is 17.9. The number of carbonyl (C=O) groups excluding carboxylic acids is 4. The second kappa shape index (κ2) is 23.5. The number of aliphatic imine (C=N–C) groups is 1. The number of amides is 3. The Kier molecular flexibility index (Phi) is 16.0. The van der Waals surface area contributed by atoms with E-state index in [0.717, 1.165) is 45.9 Å². The van der Waals surface area contributed by atoms with Crippen LogP contribution in [0, 0.1) is 0 Å². The van der Waals surface area contributed by atoms with E-state index in [9.17, 15) is 24.3 Å². The molecule has 0 aromatic heterocycles. The van der Waals surface area contributed by atoms with Crippen molar-refractivity contribution >= 4 is 58.3 Å². The van der Waals surface area contributed by atoms with Gasteiger partial charge in [-0.05, 0) is 77.6 Å². The van der Waals surface area contributed by atoms with Gasteiger partial charge in [-0.1, -0.05) is 36.4 Å². The third kappa shape index (κ3) is 11.1. The van der Waals surface area contributed by atoms with Crippen LogP contribution in [0.3, 0.4) is 0 Å². The highest BCUT2D eigenvalue weighted by Gasteiger charge is 2.39. The standard InChI is InChI=1S/C57H62N6O13/c1-69-19-20-73-22-21-72-18-17-60(16-8-13-55(66)76-63-53(64)14-15-54(63)65)40-24-36(34-74-51-30-45-43(28-49(51)70-2)56(67)61-41(32-58-45)26-38-9-4-6-11-47(38)61)23-37(25-40)35-75-52-31-46-44(29-50(52)71-3)57(68)62-42(33-59-46)27-39-10-5-7-12-48(39)62/h4-7,9-12,23-25,28-32,41-42,57,59,68H,8,13-22,26-27,33-35H2,1-3H3. The lowest BCUT2D eigenvalue weighted by atomic mass is 10.1. The highest BCUT2D eigenvalue weighted by Crippen LogP contribution is 2.46. The Morgan fingerprint density at radius 3 is 2.12 bits per heavy atom. The molecule has 0 spiro atoms. The fraction of sp³-hybridized carbons (Fsp3) is 0.386. The molecule has 3 atom stereocenters. The van der Waals surface area contributed by atoms with E-state index in [-0.39, 0.29) is 50.5 Å². The van der Waals surface area contributed by atoms with Gasteiger partial charge in [0.1, 0.15) is 13.2 Å². The maximum absolute atomic E-state index is 14.2. The summed E-state index contributed by atoms with van der Waals surface area (Å²) in [6, 6.07) is 28.9. The molecular weight excluding hydrogens is 977 g/mol. The van der Waals surface area contributed by atoms with Gasteiger partial charge < -0.3 is 58.2 Å². The lowest BCUT2D eigenvalue weighted by molar-refractivity contribution is -0.197. The number of imide groups is 1. The summed E-state index contributed by atoms with van der Waals surface area (Å²) >= 11 is 0. The molecule has 1 fully saturated rings. The Balaban J connectivity index is 0.923. The van der Waals surface area contributed by atoms with E-state index in [4.69, 9.17) is 43.0 Å². The number of anilines is 4. The molecule has 10 rings (SSSR count). The van der Waals surface area contributed by atoms with Gasteiger partial charge in [-0.2, -0.15) is 0 Å². The summed E-state index contributed by atoms with van der Waals surface area (Å²) < 4.78 is 41.6. The zero-order valence-electron chi connectivity index (χ0n) is 42.9. The van der Waals surface area contributed by atoms with Crippen molar-refractivity contribution in [2.75, 3.05) is 94.0 Å². The first kappa shape index (κ1) is 51.8. The molecule has 0 radical (unpaired) electrons. The van der Waals surface area contributed by atoms with Crippen molar-refractivity contribution in [3.63, 3.8) is 0 Å². The fourth-order valence-electron chi connectivity index (χ4n) is 10.4. The number of para-hydroxylation sites is 2. The number of ether oxygens (including phenoxy) is 7. The van der Waals surface area contributed by atoms with Crippen LogP contribution in [0.15, 0.2) is 96.0 Å². The van der Waals surface area contributed by atoms with Crippen LogP contribution in [0.2, 0.25) is 0 Å². The molecule has 2 N–H and O–H groups in total. The van der Waals surface area contributed by atoms with Crippen molar-refractivity contribution in [3.05, 3.63) is 124 Å². The summed E-state index contributed by atoms with van der Waals surface area (Å²) in [5.74, 6) is -0.306. The molecule has 398 valence electrons. The summed E-state index contributed by atoms with van der Waals surface area (Å²) in [6.45, 7) is 3.47. The number of methoxy groups -OCH3 is 3. The smallest absolute Gasteiger partial charge is 0.333 e. The molecule has 5 heterocycles. The first-order valence-corrected chi connectivity index (χ1v) is 25.6. The van der Waals surface area contributed by atoms with Crippen molar-refractivity contribution in [2.24, 2.45) is 4.99 Å². The number of hydroxylamine groups is 2. The van der Waals surface area contributed by atoms with E-state index in [1.54, 1.807) is 31.3 Å². The van der Waals surface area contributed by atoms with E-state index in [1.807, 2.05) is 79.0 Å². The summed E-state index contributed by atoms with van der Waals surface area (Å²) in [4.78, 5) is 67.5. The van der Waals surface area contributed by atoms with Crippen LogP contribution in [0.1, 0.15) is 70.1 Å². The second-order valence-corrected chi connectivity index (χ2v) is 19.1. The predicted octanol–water partition coefficient (Wildman–Crippen LogP) is 6.87. The molecule has 5 aromatic carbocycles. The molecule has 0 saturated carbocycles. The van der Waals surface area contributed by atoms with Crippen LogP contribution >= 0.6 is 0 Å². The SMILES string of the molecule is COCCOCCOCCN(CCCC(=O)ON1C(=O)CCC1=O)c1cc(COc2cc3c(cc2OC)C(=O)N2c4ccccc4CC2C=N3)cc(COc2cc3c(cc2OC)C(O)N2c4ccccc4CC2CN3)c1. The number of benzene rings is 5. The van der Waals surface area contributed by atoms with E-state index in [0.29, 0.717) is 110 Å². The van der Waals surface area contributed by atoms with Crippen LogP contribution in [-0.4, -0.2) is 126 Å². The summed E-state index contributed by atoms with van der Waals surface area (Å²) in [5, 5.41) is 16.0. The monoisotopic (exact) mass is 1040 g/mol. The Morgan fingerprint density at radius 2 is 1.39 bits per heavy atom. The molecule has 5 aromatic rings. The number of hydrogen-bond donors (Lipinski definition) is 2. The number of aliphatic hydroxyl groups is 1. The molecular formula is C57H62N6O13. The number of nitrogens with zero attached hydrogens (tertiary/aromatic N) is 5. The average Bonchev–Trinajstić information content (AvgIpc) is 4.05. The Morgan fingerprint density at radius 1 is 0.737 bits per heavy atom. The van der Waals surface area contributed by atoms with E-state index >= 15 is 0 Å². The third-order valence-corrected chi connectivity index (χ3v) is 14.2. The van der Waals surface area contributed by atoms with Crippen molar-refractivity contribution in [2.45, 2.75) is 70.1 Å². The van der Waals surface area contributed by atoms with Gasteiger partial charge in [0.05, 0.1) is 70.6 Å². The molecule has 1 saturated heterocycles. The van der Waals surface area contributed by atoms with Crippen molar-refractivity contribution in [1.29, 1.82) is 0 Å². The molecule has 19 nitrogen and oxygen atoms in total. The molecule has 0 bridgehead atoms. The van der Waals surface area contributed by atoms with Crippen LogP contribution < -0.4 is 39.0 Å². The number of nitrogens with one attached hydrogen (secondary N) is 1. The van der Waals surface area contributed by atoms with Crippen LogP contribution in [0.4, 0.5) is 28.4 Å². The van der Waals surface area contributed by atoms with Gasteiger partial charge in [0.15, 0.2) is 29.2 Å². The minimum atomic E-state index is -0.925. The number of rotatable bonds is 23. The largest absolute Gasteiger partial charge is 0.493 e. The lowest BCUT2D eigenvalue weighted by Gasteiger charge is -2.30. The molecule has 76 heavy (non-hydrogen) atoms. The van der Waals surface area contributed by atoms with Crippen molar-refractivity contribution in [1.82, 2.24) is 5.06 Å². The zero-order chi connectivity index (χ0) is 52.7. The van der Waals surface area contributed by atoms with E-state index in [1.165, 1.54) is 12.7 Å². The van der Waals surface area contributed by atoms with Crippen molar-refractivity contribution in [3.8, 4) is 23.0 Å². The molecule has 5 aliphatic heterocycles. The fourth-order valence-corrected chi connectivity index (χ4v) is 10.4. The molecule has 0 aliphatic carbocycles. The van der Waals surface area contributed by atoms with Gasteiger partial charge in [0.25, 0.3) is 17.7 Å². The van der Waals surface area contributed by atoms with Gasteiger partial charge in [0.2, 0.25) is 0 Å². The Bertz CT molecular complexity index is 2990. The van der Waals surface area contributed by atoms with Crippen LogP contribution in [0.25, 0.3) is 0 Å². The summed E-state index contributed by atoms with van der Waals surface area (Å²) in [6.07, 6.45) is 2.59. The topological polar surface area (TPSA) is 200 Å². The summed E-state index contributed by atoms with van der Waals surface area (Å²) in [5.41, 5.74) is 8.69. The van der Waals surface area contributed by atoms with Crippen LogP contribution in [-0.2, 0) is 59.5 Å². The maximum atomic E-state index is 14.2. The first-order chi connectivity index (χ1) is 37.1. The Hall–Kier alpha value is -7.71. The number of hydrogen-bond acceptors (Lipinski definition) is 17. The van der Waals surface area contributed by atoms with Gasteiger partial charge >= 0.3 is 5.97 Å². The van der Waals surface area contributed by atoms with Crippen molar-refractivity contribution < 1.29 is 62.3 Å². The molecule has 5 aliphatic rings.